The third kappa shape index (κ3) is 3.49. The highest BCUT2D eigenvalue weighted by atomic mass is 16.5. The van der Waals surface area contributed by atoms with E-state index in [0.717, 1.165) is 43.6 Å². The third-order valence-corrected chi connectivity index (χ3v) is 4.58. The number of carbonyl (C=O) groups is 2. The normalized spacial score (nSPS) is 23.6. The molecule has 124 valence electrons. The van der Waals surface area contributed by atoms with E-state index in [4.69, 9.17) is 4.74 Å². The monoisotopic (exact) mass is 316 g/mol. The number of fused-ring (bicyclic) bond motifs is 1. The first kappa shape index (κ1) is 15.8. The zero-order valence-electron chi connectivity index (χ0n) is 13.6. The van der Waals surface area contributed by atoms with Crippen molar-refractivity contribution in [3.63, 3.8) is 0 Å². The highest BCUT2D eigenvalue weighted by Gasteiger charge is 2.42. The van der Waals surface area contributed by atoms with Crippen LogP contribution in [0.1, 0.15) is 38.2 Å². The van der Waals surface area contributed by atoms with Crippen LogP contribution in [0.4, 0.5) is 0 Å². The number of benzene rings is 1. The molecule has 2 saturated heterocycles. The molecule has 2 amide bonds. The number of rotatable bonds is 6. The summed E-state index contributed by atoms with van der Waals surface area (Å²) >= 11 is 0. The number of hydrogen-bond acceptors (Lipinski definition) is 3. The molecule has 23 heavy (non-hydrogen) atoms. The minimum absolute atomic E-state index is 0.00776. The van der Waals surface area contributed by atoms with Crippen LogP contribution in [0.25, 0.3) is 0 Å². The molecular formula is C18H24N2O3. The van der Waals surface area contributed by atoms with Crippen molar-refractivity contribution in [3.05, 3.63) is 29.8 Å². The van der Waals surface area contributed by atoms with Crippen LogP contribution in [-0.4, -0.2) is 41.9 Å². The van der Waals surface area contributed by atoms with Crippen molar-refractivity contribution in [1.82, 2.24) is 10.2 Å². The van der Waals surface area contributed by atoms with Crippen molar-refractivity contribution in [1.29, 1.82) is 0 Å². The van der Waals surface area contributed by atoms with Gasteiger partial charge in [0.1, 0.15) is 17.8 Å². The number of piperazine rings is 1. The molecule has 2 aliphatic rings. The minimum Gasteiger partial charge on any atom is -0.494 e. The Kier molecular flexibility index (Phi) is 4.84. The van der Waals surface area contributed by atoms with Crippen LogP contribution < -0.4 is 10.1 Å². The number of nitrogens with zero attached hydrogens (tertiary/aromatic N) is 1. The van der Waals surface area contributed by atoms with Crippen molar-refractivity contribution in [2.75, 3.05) is 13.2 Å². The number of ether oxygens (including phenoxy) is 1. The summed E-state index contributed by atoms with van der Waals surface area (Å²) in [6, 6.07) is 7.11. The average Bonchev–Trinajstić information content (AvgIpc) is 3.05. The van der Waals surface area contributed by atoms with E-state index in [1.807, 2.05) is 24.3 Å². The van der Waals surface area contributed by atoms with Gasteiger partial charge in [-0.15, -0.1) is 0 Å². The fraction of sp³-hybridized carbons (Fsp3) is 0.556. The molecule has 0 saturated carbocycles. The van der Waals surface area contributed by atoms with Crippen molar-refractivity contribution in [2.24, 2.45) is 0 Å². The number of carbonyl (C=O) groups excluding carboxylic acids is 2. The lowest BCUT2D eigenvalue weighted by molar-refractivity contribution is -0.146. The van der Waals surface area contributed by atoms with Crippen molar-refractivity contribution in [3.8, 4) is 5.75 Å². The molecular weight excluding hydrogens is 292 g/mol. The second-order valence-corrected chi connectivity index (χ2v) is 6.30. The molecule has 2 aliphatic heterocycles. The fourth-order valence-corrected chi connectivity index (χ4v) is 3.26. The molecule has 0 aromatic heterocycles. The van der Waals surface area contributed by atoms with Gasteiger partial charge in [-0.1, -0.05) is 25.5 Å². The average molecular weight is 316 g/mol. The van der Waals surface area contributed by atoms with Crippen LogP contribution in [-0.2, 0) is 16.0 Å². The highest BCUT2D eigenvalue weighted by Crippen LogP contribution is 2.23. The molecule has 1 aromatic carbocycles. The SMILES string of the molecule is CCCCOc1ccc(C[C@@H]2NC(=O)[C@@H]3CCCN3C2=O)cc1. The summed E-state index contributed by atoms with van der Waals surface area (Å²) in [5.41, 5.74) is 1.03. The van der Waals surface area contributed by atoms with Crippen LogP contribution in [0.3, 0.4) is 0 Å². The molecule has 0 bridgehead atoms. The molecule has 0 radical (unpaired) electrons. The van der Waals surface area contributed by atoms with Gasteiger partial charge in [-0.2, -0.15) is 0 Å². The van der Waals surface area contributed by atoms with E-state index in [2.05, 4.69) is 12.2 Å². The van der Waals surface area contributed by atoms with Gasteiger partial charge in [0.2, 0.25) is 11.8 Å². The van der Waals surface area contributed by atoms with Crippen molar-refractivity contribution >= 4 is 11.8 Å². The lowest BCUT2D eigenvalue weighted by atomic mass is 10.0. The predicted molar refractivity (Wildman–Crippen MR) is 87.2 cm³/mol. The predicted octanol–water partition coefficient (Wildman–Crippen LogP) is 1.90. The van der Waals surface area contributed by atoms with E-state index in [-0.39, 0.29) is 17.9 Å². The second-order valence-electron chi connectivity index (χ2n) is 6.30. The molecule has 0 unspecified atom stereocenters. The fourth-order valence-electron chi connectivity index (χ4n) is 3.26. The molecule has 1 N–H and O–H groups in total. The minimum atomic E-state index is -0.441. The van der Waals surface area contributed by atoms with E-state index < -0.39 is 6.04 Å². The molecule has 0 spiro atoms. The topological polar surface area (TPSA) is 58.6 Å². The van der Waals surface area contributed by atoms with E-state index in [9.17, 15) is 9.59 Å². The number of nitrogens with one attached hydrogen (secondary N) is 1. The maximum Gasteiger partial charge on any atom is 0.246 e. The highest BCUT2D eigenvalue weighted by molar-refractivity contribution is 5.97. The van der Waals surface area contributed by atoms with Crippen LogP contribution in [0.2, 0.25) is 0 Å². The summed E-state index contributed by atoms with van der Waals surface area (Å²) in [4.78, 5) is 26.3. The Bertz CT molecular complexity index is 570. The van der Waals surface area contributed by atoms with Gasteiger partial charge >= 0.3 is 0 Å². The second kappa shape index (κ2) is 7.02. The lowest BCUT2D eigenvalue weighted by Crippen LogP contribution is -2.61. The van der Waals surface area contributed by atoms with E-state index in [0.29, 0.717) is 13.0 Å². The van der Waals surface area contributed by atoms with Gasteiger partial charge in [0.25, 0.3) is 0 Å². The molecule has 3 rings (SSSR count). The van der Waals surface area contributed by atoms with Gasteiger partial charge in [0.15, 0.2) is 0 Å². The summed E-state index contributed by atoms with van der Waals surface area (Å²) in [5.74, 6) is 0.891. The first-order chi connectivity index (χ1) is 11.2. The van der Waals surface area contributed by atoms with E-state index >= 15 is 0 Å². The third-order valence-electron chi connectivity index (χ3n) is 4.58. The van der Waals surface area contributed by atoms with Gasteiger partial charge in [-0.25, -0.2) is 0 Å². The quantitative estimate of drug-likeness (QED) is 0.816. The Hall–Kier alpha value is -2.04. The molecule has 5 heteroatoms. The molecule has 2 atom stereocenters. The van der Waals surface area contributed by atoms with Crippen LogP contribution >= 0.6 is 0 Å². The summed E-state index contributed by atoms with van der Waals surface area (Å²) < 4.78 is 5.64. The lowest BCUT2D eigenvalue weighted by Gasteiger charge is -2.34. The van der Waals surface area contributed by atoms with E-state index in [1.54, 1.807) is 4.90 Å². The maximum atomic E-state index is 12.5. The Morgan fingerprint density at radius 3 is 2.78 bits per heavy atom. The maximum absolute atomic E-state index is 12.5. The van der Waals surface area contributed by atoms with Gasteiger partial charge < -0.3 is 15.0 Å². The number of hydrogen-bond donors (Lipinski definition) is 1. The van der Waals surface area contributed by atoms with Crippen molar-refractivity contribution in [2.45, 2.75) is 51.1 Å². The zero-order valence-corrected chi connectivity index (χ0v) is 13.6. The standard InChI is InChI=1S/C18H24N2O3/c1-2-3-11-23-14-8-6-13(7-9-14)12-15-18(22)20-10-4-5-16(20)17(21)19-15/h6-9,15-16H,2-5,10-12H2,1H3,(H,19,21)/t15-,16-/m0/s1. The van der Waals surface area contributed by atoms with Crippen LogP contribution in [0.15, 0.2) is 24.3 Å². The summed E-state index contributed by atoms with van der Waals surface area (Å²) in [6.45, 7) is 3.56. The van der Waals surface area contributed by atoms with Gasteiger partial charge in [0, 0.05) is 13.0 Å². The number of amides is 2. The summed E-state index contributed by atoms with van der Waals surface area (Å²) in [6.07, 6.45) is 4.39. The molecule has 2 fully saturated rings. The molecule has 1 aromatic rings. The summed E-state index contributed by atoms with van der Waals surface area (Å²) in [7, 11) is 0. The Labute approximate surface area is 137 Å². The first-order valence-electron chi connectivity index (χ1n) is 8.51. The smallest absolute Gasteiger partial charge is 0.246 e. The van der Waals surface area contributed by atoms with Gasteiger partial charge in [0.05, 0.1) is 6.61 Å². The number of unbranched alkanes of at least 4 members (excludes halogenated alkanes) is 1. The molecule has 5 nitrogen and oxygen atoms in total. The van der Waals surface area contributed by atoms with Gasteiger partial charge in [-0.3, -0.25) is 9.59 Å². The first-order valence-corrected chi connectivity index (χ1v) is 8.51. The zero-order chi connectivity index (χ0) is 16.2. The largest absolute Gasteiger partial charge is 0.494 e. The van der Waals surface area contributed by atoms with Crippen LogP contribution in [0, 0.1) is 0 Å². The summed E-state index contributed by atoms with van der Waals surface area (Å²) in [5, 5.41) is 2.88. The Morgan fingerprint density at radius 1 is 1.26 bits per heavy atom. The van der Waals surface area contributed by atoms with Gasteiger partial charge in [-0.05, 0) is 37.0 Å². The molecule has 0 aliphatic carbocycles. The Morgan fingerprint density at radius 2 is 2.04 bits per heavy atom. The Balaban J connectivity index is 1.60. The molecule has 2 heterocycles. The van der Waals surface area contributed by atoms with Crippen molar-refractivity contribution < 1.29 is 14.3 Å². The van der Waals surface area contributed by atoms with Crippen LogP contribution in [0.5, 0.6) is 5.75 Å². The van der Waals surface area contributed by atoms with E-state index in [1.165, 1.54) is 0 Å².